The molecule has 5 rings (SSSR count). The molecule has 6 nitrogen and oxygen atoms in total. The summed E-state index contributed by atoms with van der Waals surface area (Å²) >= 11 is 12.4. The number of halogens is 2. The first-order valence-corrected chi connectivity index (χ1v) is 10.9. The largest absolute Gasteiger partial charge is 0.387 e. The smallest absolute Gasteiger partial charge is 0.326 e. The van der Waals surface area contributed by atoms with Gasteiger partial charge in [-0.05, 0) is 37.1 Å². The molecule has 1 N–H and O–H groups in total. The average molecular weight is 445 g/mol. The van der Waals surface area contributed by atoms with Crippen molar-refractivity contribution in [3.8, 4) is 0 Å². The summed E-state index contributed by atoms with van der Waals surface area (Å²) in [6, 6.07) is 13.4. The van der Waals surface area contributed by atoms with E-state index < -0.39 is 0 Å². The van der Waals surface area contributed by atoms with Crippen molar-refractivity contribution in [3.05, 3.63) is 68.6 Å². The highest BCUT2D eigenvalue weighted by Crippen LogP contribution is 2.33. The number of nitrogens with zero attached hydrogens (tertiary/aromatic N) is 3. The molecule has 8 heteroatoms. The molecule has 0 saturated carbocycles. The van der Waals surface area contributed by atoms with Crippen LogP contribution < -0.4 is 5.69 Å². The van der Waals surface area contributed by atoms with Crippen molar-refractivity contribution >= 4 is 39.9 Å². The van der Waals surface area contributed by atoms with E-state index in [1.807, 2.05) is 41.0 Å². The number of fused-ring (bicyclic) bond motifs is 1. The number of oxime groups is 1. The Morgan fingerprint density at radius 3 is 2.73 bits per heavy atom. The van der Waals surface area contributed by atoms with Gasteiger partial charge in [0.2, 0.25) is 0 Å². The van der Waals surface area contributed by atoms with E-state index in [9.17, 15) is 4.79 Å². The van der Waals surface area contributed by atoms with Crippen LogP contribution in [0.25, 0.3) is 11.0 Å². The minimum Gasteiger partial charge on any atom is -0.387 e. The summed E-state index contributed by atoms with van der Waals surface area (Å²) in [5, 5.41) is 5.65. The van der Waals surface area contributed by atoms with Crippen molar-refractivity contribution in [1.82, 2.24) is 14.5 Å². The van der Waals surface area contributed by atoms with Crippen LogP contribution in [0.5, 0.6) is 0 Å². The Bertz CT molecular complexity index is 1160. The maximum atomic E-state index is 12.5. The molecule has 0 bridgehead atoms. The number of rotatable bonds is 4. The zero-order valence-corrected chi connectivity index (χ0v) is 17.9. The Balaban J connectivity index is 1.21. The number of hydrogen-bond acceptors (Lipinski definition) is 4. The molecule has 1 aromatic heterocycles. The summed E-state index contributed by atoms with van der Waals surface area (Å²) in [5.74, 6) is 0. The maximum Gasteiger partial charge on any atom is 0.326 e. The topological polar surface area (TPSA) is 62.6 Å². The van der Waals surface area contributed by atoms with E-state index in [0.29, 0.717) is 10.0 Å². The van der Waals surface area contributed by atoms with Gasteiger partial charge in [0.05, 0.1) is 16.7 Å². The molecular weight excluding hydrogens is 423 g/mol. The molecule has 0 spiro atoms. The predicted octanol–water partition coefficient (Wildman–Crippen LogP) is 4.79. The zero-order valence-electron chi connectivity index (χ0n) is 16.4. The molecule has 1 atom stereocenters. The molecule has 0 aliphatic carbocycles. The lowest BCUT2D eigenvalue weighted by Crippen LogP contribution is -2.39. The summed E-state index contributed by atoms with van der Waals surface area (Å²) in [6.45, 7) is 2.59. The van der Waals surface area contributed by atoms with Gasteiger partial charge in [0.15, 0.2) is 6.10 Å². The molecule has 0 radical (unpaired) electrons. The number of aromatic nitrogens is 2. The van der Waals surface area contributed by atoms with Gasteiger partial charge in [-0.25, -0.2) is 4.79 Å². The lowest BCUT2D eigenvalue weighted by atomic mass is 10.0. The van der Waals surface area contributed by atoms with Gasteiger partial charge < -0.3 is 9.82 Å². The monoisotopic (exact) mass is 444 g/mol. The zero-order chi connectivity index (χ0) is 20.7. The normalized spacial score (nSPS) is 20.5. The van der Waals surface area contributed by atoms with Gasteiger partial charge in [-0.2, -0.15) is 0 Å². The summed E-state index contributed by atoms with van der Waals surface area (Å²) in [7, 11) is 0. The highest BCUT2D eigenvalue weighted by Gasteiger charge is 2.28. The molecule has 156 valence electrons. The second kappa shape index (κ2) is 8.10. The summed E-state index contributed by atoms with van der Waals surface area (Å²) in [4.78, 5) is 23.5. The van der Waals surface area contributed by atoms with Crippen LogP contribution in [0, 0.1) is 0 Å². The Morgan fingerprint density at radius 1 is 1.13 bits per heavy atom. The average Bonchev–Trinajstić information content (AvgIpc) is 3.32. The number of benzene rings is 2. The summed E-state index contributed by atoms with van der Waals surface area (Å²) < 4.78 is 1.86. The fourth-order valence-electron chi connectivity index (χ4n) is 4.47. The number of nitrogens with one attached hydrogen (secondary N) is 1. The lowest BCUT2D eigenvalue weighted by molar-refractivity contribution is 0.0857. The molecule has 3 heterocycles. The highest BCUT2D eigenvalue weighted by molar-refractivity contribution is 6.31. The van der Waals surface area contributed by atoms with Crippen LogP contribution in [0.3, 0.4) is 0 Å². The Morgan fingerprint density at radius 2 is 1.93 bits per heavy atom. The third kappa shape index (κ3) is 3.75. The van der Waals surface area contributed by atoms with E-state index in [4.69, 9.17) is 28.0 Å². The molecule has 1 saturated heterocycles. The van der Waals surface area contributed by atoms with Gasteiger partial charge in [0, 0.05) is 47.7 Å². The number of imidazole rings is 1. The Kier molecular flexibility index (Phi) is 5.31. The highest BCUT2D eigenvalue weighted by atomic mass is 35.5. The number of aromatic amines is 1. The van der Waals surface area contributed by atoms with Gasteiger partial charge in [0.1, 0.15) is 0 Å². The van der Waals surface area contributed by atoms with Crippen molar-refractivity contribution < 1.29 is 4.84 Å². The number of hydrogen-bond donors (Lipinski definition) is 1. The van der Waals surface area contributed by atoms with E-state index in [-0.39, 0.29) is 17.8 Å². The molecule has 1 unspecified atom stereocenters. The van der Waals surface area contributed by atoms with Crippen molar-refractivity contribution in [2.75, 3.05) is 19.6 Å². The Labute approximate surface area is 184 Å². The number of H-pyrrole nitrogens is 1. The first-order valence-electron chi connectivity index (χ1n) is 10.2. The van der Waals surface area contributed by atoms with E-state index in [1.54, 1.807) is 6.07 Å². The van der Waals surface area contributed by atoms with E-state index in [2.05, 4.69) is 15.0 Å². The summed E-state index contributed by atoms with van der Waals surface area (Å²) in [5.41, 5.74) is 3.65. The first kappa shape index (κ1) is 19.7. The summed E-state index contributed by atoms with van der Waals surface area (Å²) in [6.07, 6.45) is 2.45. The Hall–Kier alpha value is -2.28. The van der Waals surface area contributed by atoms with Crippen LogP contribution >= 0.6 is 23.2 Å². The quantitative estimate of drug-likeness (QED) is 0.628. The molecule has 30 heavy (non-hydrogen) atoms. The van der Waals surface area contributed by atoms with Crippen molar-refractivity contribution in [2.45, 2.75) is 31.4 Å². The number of likely N-dealkylation sites (tertiary alicyclic amines) is 1. The molecule has 3 aromatic rings. The lowest BCUT2D eigenvalue weighted by Gasteiger charge is -2.32. The third-order valence-corrected chi connectivity index (χ3v) is 6.57. The van der Waals surface area contributed by atoms with Gasteiger partial charge in [-0.15, -0.1) is 0 Å². The van der Waals surface area contributed by atoms with Gasteiger partial charge in [-0.1, -0.05) is 46.6 Å². The van der Waals surface area contributed by atoms with E-state index in [0.717, 1.165) is 61.2 Å². The third-order valence-electron chi connectivity index (χ3n) is 5.99. The fraction of sp³-hybridized carbons (Fsp3) is 0.364. The molecular formula is C22H22Cl2N4O2. The van der Waals surface area contributed by atoms with Crippen LogP contribution in [0.2, 0.25) is 10.0 Å². The van der Waals surface area contributed by atoms with Crippen LogP contribution in [0.1, 0.15) is 37.0 Å². The van der Waals surface area contributed by atoms with Crippen molar-refractivity contribution in [2.24, 2.45) is 5.16 Å². The first-order chi connectivity index (χ1) is 14.6. The second-order valence-electron chi connectivity index (χ2n) is 7.95. The molecule has 0 amide bonds. The molecule has 2 aliphatic heterocycles. The molecule has 2 aliphatic rings. The fourth-order valence-corrected chi connectivity index (χ4v) is 4.90. The van der Waals surface area contributed by atoms with Gasteiger partial charge in [0.25, 0.3) is 0 Å². The van der Waals surface area contributed by atoms with Crippen LogP contribution in [0.4, 0.5) is 0 Å². The minimum absolute atomic E-state index is 0.0677. The van der Waals surface area contributed by atoms with Gasteiger partial charge in [-0.3, -0.25) is 9.47 Å². The van der Waals surface area contributed by atoms with Crippen LogP contribution in [-0.2, 0) is 4.84 Å². The van der Waals surface area contributed by atoms with Crippen molar-refractivity contribution in [1.29, 1.82) is 0 Å². The van der Waals surface area contributed by atoms with E-state index >= 15 is 0 Å². The standard InChI is InChI=1S/C22H22Cl2N4O2/c23-14-5-6-19-20(11-14)28(22(29)25-19)16-7-9-27(10-8-16)13-15-12-21(30-26-15)17-3-1-2-4-18(17)24/h1-6,11,16,21H,7-10,12-13H2,(H,25,29). The molecule has 1 fully saturated rings. The van der Waals surface area contributed by atoms with Crippen LogP contribution in [-0.4, -0.2) is 39.8 Å². The second-order valence-corrected chi connectivity index (χ2v) is 8.79. The van der Waals surface area contributed by atoms with Crippen LogP contribution in [0.15, 0.2) is 52.4 Å². The molecule has 2 aromatic carbocycles. The SMILES string of the molecule is O=c1[nH]c2ccc(Cl)cc2n1C1CCN(CC2=NOC(c3ccccc3Cl)C2)CC1. The predicted molar refractivity (Wildman–Crippen MR) is 120 cm³/mol. The number of piperidine rings is 1. The maximum absolute atomic E-state index is 12.5. The minimum atomic E-state index is -0.110. The van der Waals surface area contributed by atoms with Crippen molar-refractivity contribution in [3.63, 3.8) is 0 Å². The van der Waals surface area contributed by atoms with E-state index in [1.165, 1.54) is 0 Å². The van der Waals surface area contributed by atoms with Gasteiger partial charge >= 0.3 is 5.69 Å².